The predicted molar refractivity (Wildman–Crippen MR) is 92.2 cm³/mol. The van der Waals surface area contributed by atoms with Crippen molar-refractivity contribution in [3.8, 4) is 0 Å². The first kappa shape index (κ1) is 18.4. The lowest BCUT2D eigenvalue weighted by molar-refractivity contribution is -0.140. The molecule has 1 heterocycles. The summed E-state index contributed by atoms with van der Waals surface area (Å²) < 4.78 is 11.3. The van der Waals surface area contributed by atoms with E-state index in [1.54, 1.807) is 0 Å². The van der Waals surface area contributed by atoms with Crippen LogP contribution in [0.5, 0.6) is 0 Å². The molecule has 1 aliphatic heterocycles. The molecule has 0 atom stereocenters. The van der Waals surface area contributed by atoms with E-state index in [4.69, 9.17) is 9.47 Å². The molecular formula is C20H32O3. The Kier molecular flexibility index (Phi) is 7.08. The number of unbranched alkanes of at least 4 members (excludes halogenated alkanes) is 1. The fraction of sp³-hybridized carbons (Fsp3) is 0.800. The SMILES string of the molecule is CCCCC(=C=C(C)CC1(C)OCCO1)C(=O)C1CCCCC1. The summed E-state index contributed by atoms with van der Waals surface area (Å²) in [6.45, 7) is 7.48. The lowest BCUT2D eigenvalue weighted by atomic mass is 9.82. The zero-order valence-electron chi connectivity index (χ0n) is 15.1. The van der Waals surface area contributed by atoms with Crippen LogP contribution in [0.3, 0.4) is 0 Å². The molecule has 0 aromatic carbocycles. The molecule has 0 N–H and O–H groups in total. The number of hydrogen-bond donors (Lipinski definition) is 0. The Bertz CT molecular complexity index is 459. The summed E-state index contributed by atoms with van der Waals surface area (Å²) in [5.41, 5.74) is 5.39. The van der Waals surface area contributed by atoms with Crippen molar-refractivity contribution >= 4 is 5.78 Å². The molecule has 0 radical (unpaired) electrons. The standard InChI is InChI=1S/C20H32O3/c1-4-5-9-18(19(21)17-10-7-6-8-11-17)14-16(2)15-20(3)22-12-13-23-20/h17H,4-13,15H2,1-3H3. The fourth-order valence-electron chi connectivity index (χ4n) is 3.65. The van der Waals surface area contributed by atoms with Gasteiger partial charge in [-0.3, -0.25) is 4.79 Å². The van der Waals surface area contributed by atoms with E-state index in [9.17, 15) is 4.79 Å². The summed E-state index contributed by atoms with van der Waals surface area (Å²) in [4.78, 5) is 12.9. The van der Waals surface area contributed by atoms with Gasteiger partial charge in [-0.25, -0.2) is 0 Å². The van der Waals surface area contributed by atoms with E-state index in [-0.39, 0.29) is 5.92 Å². The van der Waals surface area contributed by atoms with Crippen LogP contribution in [-0.4, -0.2) is 24.8 Å². The van der Waals surface area contributed by atoms with Gasteiger partial charge in [0.05, 0.1) is 13.2 Å². The summed E-state index contributed by atoms with van der Waals surface area (Å²) in [6, 6.07) is 0. The predicted octanol–water partition coefficient (Wildman–Crippen LogP) is 4.95. The zero-order valence-corrected chi connectivity index (χ0v) is 15.1. The highest BCUT2D eigenvalue weighted by atomic mass is 16.7. The Morgan fingerprint density at radius 2 is 1.83 bits per heavy atom. The number of carbonyl (C=O) groups excluding carboxylic acids is 1. The van der Waals surface area contributed by atoms with Crippen LogP contribution in [0.1, 0.15) is 78.6 Å². The van der Waals surface area contributed by atoms with E-state index in [0.29, 0.717) is 25.4 Å². The minimum absolute atomic E-state index is 0.227. The first-order valence-electron chi connectivity index (χ1n) is 9.31. The molecule has 0 spiro atoms. The second-order valence-electron chi connectivity index (χ2n) is 7.19. The van der Waals surface area contributed by atoms with Crippen LogP contribution in [0.25, 0.3) is 0 Å². The molecule has 1 saturated carbocycles. The highest BCUT2D eigenvalue weighted by Gasteiger charge is 2.31. The molecule has 3 heteroatoms. The van der Waals surface area contributed by atoms with Gasteiger partial charge in [0.2, 0.25) is 0 Å². The Balaban J connectivity index is 2.13. The first-order valence-corrected chi connectivity index (χ1v) is 9.31. The van der Waals surface area contributed by atoms with Crippen LogP contribution in [0.4, 0.5) is 0 Å². The molecule has 0 bridgehead atoms. The van der Waals surface area contributed by atoms with Gasteiger partial charge in [-0.15, -0.1) is 5.73 Å². The van der Waals surface area contributed by atoms with Gasteiger partial charge in [-0.1, -0.05) is 32.6 Å². The van der Waals surface area contributed by atoms with E-state index in [1.807, 2.05) is 13.8 Å². The molecule has 3 nitrogen and oxygen atoms in total. The van der Waals surface area contributed by atoms with E-state index in [2.05, 4.69) is 12.7 Å². The van der Waals surface area contributed by atoms with Crippen molar-refractivity contribution in [2.75, 3.05) is 13.2 Å². The van der Waals surface area contributed by atoms with E-state index in [1.165, 1.54) is 19.3 Å². The highest BCUT2D eigenvalue weighted by molar-refractivity contribution is 5.97. The van der Waals surface area contributed by atoms with Crippen molar-refractivity contribution in [3.63, 3.8) is 0 Å². The molecular weight excluding hydrogens is 288 g/mol. The third-order valence-electron chi connectivity index (χ3n) is 4.90. The van der Waals surface area contributed by atoms with Crippen LogP contribution in [0, 0.1) is 5.92 Å². The maximum atomic E-state index is 12.9. The molecule has 0 amide bonds. The highest BCUT2D eigenvalue weighted by Crippen LogP contribution is 2.29. The number of rotatable bonds is 7. The van der Waals surface area contributed by atoms with E-state index < -0.39 is 5.79 Å². The lowest BCUT2D eigenvalue weighted by Crippen LogP contribution is -2.25. The Morgan fingerprint density at radius 3 is 2.43 bits per heavy atom. The second kappa shape index (κ2) is 8.82. The van der Waals surface area contributed by atoms with E-state index in [0.717, 1.165) is 43.3 Å². The van der Waals surface area contributed by atoms with Crippen LogP contribution in [0.15, 0.2) is 16.9 Å². The lowest BCUT2D eigenvalue weighted by Gasteiger charge is -2.22. The summed E-state index contributed by atoms with van der Waals surface area (Å²) in [7, 11) is 0. The second-order valence-corrected chi connectivity index (χ2v) is 7.19. The Hall–Kier alpha value is -0.890. The Morgan fingerprint density at radius 1 is 1.17 bits per heavy atom. The number of ketones is 1. The molecule has 23 heavy (non-hydrogen) atoms. The fourth-order valence-corrected chi connectivity index (χ4v) is 3.65. The topological polar surface area (TPSA) is 35.5 Å². The normalized spacial score (nSPS) is 21.0. The van der Waals surface area contributed by atoms with Crippen molar-refractivity contribution in [3.05, 3.63) is 16.9 Å². The minimum Gasteiger partial charge on any atom is -0.347 e. The van der Waals surface area contributed by atoms with Crippen LogP contribution in [0.2, 0.25) is 0 Å². The van der Waals surface area contributed by atoms with Gasteiger partial charge in [0.15, 0.2) is 11.6 Å². The third-order valence-corrected chi connectivity index (χ3v) is 4.90. The van der Waals surface area contributed by atoms with Gasteiger partial charge in [0.25, 0.3) is 0 Å². The largest absolute Gasteiger partial charge is 0.347 e. The molecule has 0 aromatic heterocycles. The van der Waals surface area contributed by atoms with Gasteiger partial charge < -0.3 is 9.47 Å². The molecule has 2 fully saturated rings. The Labute approximate surface area is 141 Å². The van der Waals surface area contributed by atoms with Crippen LogP contribution < -0.4 is 0 Å². The molecule has 0 aromatic rings. The summed E-state index contributed by atoms with van der Waals surface area (Å²) >= 11 is 0. The average Bonchev–Trinajstić information content (AvgIpc) is 2.97. The van der Waals surface area contributed by atoms with Gasteiger partial charge in [-0.05, 0) is 45.1 Å². The summed E-state index contributed by atoms with van der Waals surface area (Å²) in [5.74, 6) is 0.0299. The molecule has 2 aliphatic rings. The minimum atomic E-state index is -0.541. The van der Waals surface area contributed by atoms with Crippen molar-refractivity contribution in [2.45, 2.75) is 84.3 Å². The molecule has 2 rings (SSSR count). The third kappa shape index (κ3) is 5.60. The molecule has 130 valence electrons. The molecule has 1 saturated heterocycles. The maximum absolute atomic E-state index is 12.9. The van der Waals surface area contributed by atoms with E-state index >= 15 is 0 Å². The van der Waals surface area contributed by atoms with Crippen molar-refractivity contribution in [1.29, 1.82) is 0 Å². The van der Waals surface area contributed by atoms with Crippen LogP contribution >= 0.6 is 0 Å². The summed E-state index contributed by atoms with van der Waals surface area (Å²) in [5, 5.41) is 0. The maximum Gasteiger partial charge on any atom is 0.169 e. The monoisotopic (exact) mass is 320 g/mol. The van der Waals surface area contributed by atoms with Gasteiger partial charge in [0.1, 0.15) is 0 Å². The van der Waals surface area contributed by atoms with Crippen molar-refractivity contribution in [2.24, 2.45) is 5.92 Å². The van der Waals surface area contributed by atoms with Crippen molar-refractivity contribution < 1.29 is 14.3 Å². The van der Waals surface area contributed by atoms with Crippen LogP contribution in [-0.2, 0) is 14.3 Å². The van der Waals surface area contributed by atoms with Gasteiger partial charge in [0, 0.05) is 17.9 Å². The number of ether oxygens (including phenoxy) is 2. The first-order chi connectivity index (χ1) is 11.0. The average molecular weight is 320 g/mol. The number of Topliss-reactive ketones (excluding diaryl/α,β-unsaturated/α-hetero) is 1. The number of hydrogen-bond acceptors (Lipinski definition) is 3. The summed E-state index contributed by atoms with van der Waals surface area (Å²) in [6.07, 6.45) is 9.46. The zero-order chi connectivity index (χ0) is 16.7. The van der Waals surface area contributed by atoms with Gasteiger partial charge >= 0.3 is 0 Å². The van der Waals surface area contributed by atoms with Crippen molar-refractivity contribution in [1.82, 2.24) is 0 Å². The smallest absolute Gasteiger partial charge is 0.169 e. The molecule has 0 unspecified atom stereocenters. The van der Waals surface area contributed by atoms with Gasteiger partial charge in [-0.2, -0.15) is 0 Å². The number of carbonyl (C=O) groups is 1. The quantitative estimate of drug-likeness (QED) is 0.492. The molecule has 1 aliphatic carbocycles.